The van der Waals surface area contributed by atoms with E-state index in [1.807, 2.05) is 18.2 Å². The molecule has 0 saturated heterocycles. The highest BCUT2D eigenvalue weighted by Gasteiger charge is 2.09. The van der Waals surface area contributed by atoms with E-state index in [-0.39, 0.29) is 18.8 Å². The molecule has 0 bridgehead atoms. The minimum absolute atomic E-state index is 0.00200. The van der Waals surface area contributed by atoms with Crippen molar-refractivity contribution >= 4 is 11.7 Å². The van der Waals surface area contributed by atoms with Gasteiger partial charge in [-0.05, 0) is 12.1 Å². The van der Waals surface area contributed by atoms with E-state index in [4.69, 9.17) is 10.5 Å². The van der Waals surface area contributed by atoms with Crippen LogP contribution in [-0.4, -0.2) is 18.3 Å². The third-order valence-electron chi connectivity index (χ3n) is 2.83. The fraction of sp³-hybridized carbons (Fsp3) is 0.125. The summed E-state index contributed by atoms with van der Waals surface area (Å²) in [5.74, 6) is -0.141. The Labute approximate surface area is 117 Å². The van der Waals surface area contributed by atoms with Gasteiger partial charge in [-0.3, -0.25) is 9.59 Å². The number of hydrogen-bond acceptors (Lipinski definition) is 3. The minimum atomic E-state index is -0.546. The Morgan fingerprint density at radius 2 is 1.60 bits per heavy atom. The van der Waals surface area contributed by atoms with Crippen LogP contribution in [0.4, 0.5) is 0 Å². The molecule has 0 unspecified atom stereocenters. The summed E-state index contributed by atoms with van der Waals surface area (Å²) in [5, 5.41) is 0. The van der Waals surface area contributed by atoms with Gasteiger partial charge in [0.25, 0.3) is 5.91 Å². The molecule has 2 aromatic rings. The zero-order valence-electron chi connectivity index (χ0n) is 10.9. The van der Waals surface area contributed by atoms with Crippen LogP contribution in [0.15, 0.2) is 54.6 Å². The first-order valence-electron chi connectivity index (χ1n) is 6.28. The first-order chi connectivity index (χ1) is 9.68. The van der Waals surface area contributed by atoms with Crippen LogP contribution in [0, 0.1) is 0 Å². The predicted molar refractivity (Wildman–Crippen MR) is 75.8 cm³/mol. The van der Waals surface area contributed by atoms with E-state index < -0.39 is 5.91 Å². The largest absolute Gasteiger partial charge is 0.492 e. The summed E-state index contributed by atoms with van der Waals surface area (Å²) in [6.45, 7) is 0.206. The van der Waals surface area contributed by atoms with E-state index in [9.17, 15) is 9.59 Å². The quantitative estimate of drug-likeness (QED) is 0.819. The monoisotopic (exact) mass is 269 g/mol. The van der Waals surface area contributed by atoms with E-state index in [0.29, 0.717) is 16.9 Å². The Kier molecular flexibility index (Phi) is 4.50. The van der Waals surface area contributed by atoms with Crippen molar-refractivity contribution in [1.29, 1.82) is 0 Å². The van der Waals surface area contributed by atoms with Crippen molar-refractivity contribution in [3.05, 3.63) is 65.7 Å². The smallest absolute Gasteiger partial charge is 0.252 e. The van der Waals surface area contributed by atoms with Gasteiger partial charge in [0.2, 0.25) is 0 Å². The number of primary amides is 1. The summed E-state index contributed by atoms with van der Waals surface area (Å²) in [4.78, 5) is 23.1. The zero-order valence-corrected chi connectivity index (χ0v) is 10.9. The molecule has 4 nitrogen and oxygen atoms in total. The number of para-hydroxylation sites is 1. The Balaban J connectivity index is 1.94. The molecule has 4 heteroatoms. The van der Waals surface area contributed by atoms with E-state index in [0.717, 1.165) is 0 Å². The van der Waals surface area contributed by atoms with Crippen molar-refractivity contribution in [2.75, 3.05) is 6.61 Å². The van der Waals surface area contributed by atoms with Crippen molar-refractivity contribution < 1.29 is 14.3 Å². The summed E-state index contributed by atoms with van der Waals surface area (Å²) in [6.07, 6.45) is 0.247. The molecule has 2 rings (SSSR count). The summed E-state index contributed by atoms with van der Waals surface area (Å²) < 4.78 is 5.47. The van der Waals surface area contributed by atoms with Gasteiger partial charge in [0, 0.05) is 12.0 Å². The van der Waals surface area contributed by atoms with Crippen molar-refractivity contribution in [3.8, 4) is 5.75 Å². The van der Waals surface area contributed by atoms with Crippen LogP contribution in [0.25, 0.3) is 0 Å². The van der Waals surface area contributed by atoms with Gasteiger partial charge in [0.05, 0.1) is 12.2 Å². The van der Waals surface area contributed by atoms with Crippen molar-refractivity contribution in [2.45, 2.75) is 6.42 Å². The molecule has 0 radical (unpaired) electrons. The van der Waals surface area contributed by atoms with Crippen molar-refractivity contribution in [2.24, 2.45) is 5.73 Å². The van der Waals surface area contributed by atoms with E-state index in [1.54, 1.807) is 36.4 Å². The maximum Gasteiger partial charge on any atom is 0.252 e. The average Bonchev–Trinajstić information content (AvgIpc) is 2.48. The van der Waals surface area contributed by atoms with E-state index >= 15 is 0 Å². The average molecular weight is 269 g/mol. The van der Waals surface area contributed by atoms with Gasteiger partial charge >= 0.3 is 0 Å². The lowest BCUT2D eigenvalue weighted by molar-refractivity contribution is 0.0962. The number of benzene rings is 2. The van der Waals surface area contributed by atoms with Crippen LogP contribution >= 0.6 is 0 Å². The van der Waals surface area contributed by atoms with Crippen LogP contribution in [0.3, 0.4) is 0 Å². The van der Waals surface area contributed by atoms with Crippen molar-refractivity contribution in [3.63, 3.8) is 0 Å². The topological polar surface area (TPSA) is 69.4 Å². The molecule has 0 saturated carbocycles. The number of ketones is 1. The lowest BCUT2D eigenvalue weighted by atomic mass is 10.1. The molecule has 0 aliphatic heterocycles. The zero-order chi connectivity index (χ0) is 14.4. The molecule has 1 amide bonds. The molecule has 0 heterocycles. The Morgan fingerprint density at radius 1 is 0.950 bits per heavy atom. The van der Waals surface area contributed by atoms with Gasteiger partial charge in [0.1, 0.15) is 5.75 Å². The Morgan fingerprint density at radius 3 is 2.30 bits per heavy atom. The van der Waals surface area contributed by atoms with Crippen LogP contribution < -0.4 is 10.5 Å². The van der Waals surface area contributed by atoms with Crippen LogP contribution in [0.5, 0.6) is 5.75 Å². The second-order valence-corrected chi connectivity index (χ2v) is 4.25. The fourth-order valence-corrected chi connectivity index (χ4v) is 1.82. The molecule has 2 N–H and O–H groups in total. The molecule has 2 aromatic carbocycles. The number of carbonyl (C=O) groups is 2. The van der Waals surface area contributed by atoms with Gasteiger partial charge in [-0.1, -0.05) is 42.5 Å². The first kappa shape index (κ1) is 13.8. The Hall–Kier alpha value is -2.62. The number of nitrogens with two attached hydrogens (primary N) is 1. The highest BCUT2D eigenvalue weighted by molar-refractivity contribution is 5.96. The third kappa shape index (κ3) is 3.45. The Bertz CT molecular complexity index is 608. The lowest BCUT2D eigenvalue weighted by Crippen LogP contribution is -2.14. The molecule has 0 fully saturated rings. The van der Waals surface area contributed by atoms with Crippen molar-refractivity contribution in [1.82, 2.24) is 0 Å². The molecule has 0 aromatic heterocycles. The summed E-state index contributed by atoms with van der Waals surface area (Å²) in [7, 11) is 0. The number of ether oxygens (including phenoxy) is 1. The predicted octanol–water partition coefficient (Wildman–Crippen LogP) is 2.44. The minimum Gasteiger partial charge on any atom is -0.492 e. The molecule has 0 aliphatic carbocycles. The third-order valence-corrected chi connectivity index (χ3v) is 2.83. The number of amides is 1. The molecule has 0 aliphatic rings. The first-order valence-corrected chi connectivity index (χ1v) is 6.28. The van der Waals surface area contributed by atoms with Gasteiger partial charge in [-0.25, -0.2) is 0 Å². The maximum atomic E-state index is 11.9. The van der Waals surface area contributed by atoms with Gasteiger partial charge < -0.3 is 10.5 Å². The molecule has 20 heavy (non-hydrogen) atoms. The normalized spacial score (nSPS) is 10.0. The molecule has 102 valence electrons. The number of rotatable bonds is 6. The van der Waals surface area contributed by atoms with Gasteiger partial charge in [0.15, 0.2) is 5.78 Å². The second-order valence-electron chi connectivity index (χ2n) is 4.25. The summed E-state index contributed by atoms with van der Waals surface area (Å²) >= 11 is 0. The van der Waals surface area contributed by atoms with Crippen LogP contribution in [0.2, 0.25) is 0 Å². The van der Waals surface area contributed by atoms with E-state index in [2.05, 4.69) is 0 Å². The van der Waals surface area contributed by atoms with Crippen LogP contribution in [0.1, 0.15) is 27.1 Å². The number of Topliss-reactive ketones (excluding diaryl/α,β-unsaturated/α-hetero) is 1. The van der Waals surface area contributed by atoms with E-state index in [1.165, 1.54) is 0 Å². The summed E-state index contributed by atoms with van der Waals surface area (Å²) in [6, 6.07) is 15.7. The highest BCUT2D eigenvalue weighted by Crippen LogP contribution is 2.17. The molecular weight excluding hydrogens is 254 g/mol. The van der Waals surface area contributed by atoms with Gasteiger partial charge in [-0.15, -0.1) is 0 Å². The summed E-state index contributed by atoms with van der Waals surface area (Å²) in [5.41, 5.74) is 6.22. The lowest BCUT2D eigenvalue weighted by Gasteiger charge is -2.08. The maximum absolute atomic E-state index is 11.9. The molecule has 0 spiro atoms. The standard InChI is InChI=1S/C16H15NO3/c17-16(19)13-8-4-5-9-15(13)20-11-10-14(18)12-6-2-1-3-7-12/h1-9H,10-11H2,(H2,17,19). The second kappa shape index (κ2) is 6.52. The number of carbonyl (C=O) groups excluding carboxylic acids is 2. The molecular formula is C16H15NO3. The van der Waals surface area contributed by atoms with Gasteiger partial charge in [-0.2, -0.15) is 0 Å². The molecule has 0 atom stereocenters. The number of hydrogen-bond donors (Lipinski definition) is 1. The highest BCUT2D eigenvalue weighted by atomic mass is 16.5. The fourth-order valence-electron chi connectivity index (χ4n) is 1.82. The SMILES string of the molecule is NC(=O)c1ccccc1OCCC(=O)c1ccccc1. The van der Waals surface area contributed by atoms with Crippen LogP contribution in [-0.2, 0) is 0 Å².